The van der Waals surface area contributed by atoms with E-state index in [9.17, 15) is 4.39 Å². The van der Waals surface area contributed by atoms with Crippen LogP contribution in [0.25, 0.3) is 0 Å². The highest BCUT2D eigenvalue weighted by Gasteiger charge is 2.18. The van der Waals surface area contributed by atoms with Crippen LogP contribution in [-0.4, -0.2) is 66.6 Å². The second-order valence-corrected chi connectivity index (χ2v) is 6.63. The molecule has 150 valence electrons. The van der Waals surface area contributed by atoms with Crippen LogP contribution in [0.3, 0.4) is 0 Å². The summed E-state index contributed by atoms with van der Waals surface area (Å²) < 4.78 is 13.0. The summed E-state index contributed by atoms with van der Waals surface area (Å²) >= 11 is 0. The van der Waals surface area contributed by atoms with Crippen LogP contribution in [0.1, 0.15) is 12.5 Å². The maximum Gasteiger partial charge on any atom is 0.225 e. The molecule has 0 saturated carbocycles. The molecule has 0 radical (unpaired) electrons. The Morgan fingerprint density at radius 2 is 1.79 bits per heavy atom. The van der Waals surface area contributed by atoms with E-state index in [0.29, 0.717) is 6.54 Å². The second kappa shape index (κ2) is 10.6. The van der Waals surface area contributed by atoms with Gasteiger partial charge in [0.15, 0.2) is 5.96 Å². The number of benzene rings is 1. The van der Waals surface area contributed by atoms with E-state index in [-0.39, 0.29) is 5.82 Å². The number of aliphatic imine (C=N–C) groups is 1. The average molecular weight is 385 g/mol. The first kappa shape index (κ1) is 20.0. The Morgan fingerprint density at radius 3 is 2.46 bits per heavy atom. The topological polar surface area (TPSA) is 68.7 Å². The van der Waals surface area contributed by atoms with Crippen LogP contribution in [0.5, 0.6) is 0 Å². The van der Waals surface area contributed by atoms with E-state index in [2.05, 4.69) is 35.4 Å². The number of halogens is 1. The SMILES string of the molecule is CCNC(=NCc1ccc(F)cc1)NCCN1CCN(c2ncccn2)CC1. The number of nitrogens with zero attached hydrogens (tertiary/aromatic N) is 5. The summed E-state index contributed by atoms with van der Waals surface area (Å²) in [5.74, 6) is 1.36. The molecule has 0 unspecified atom stereocenters. The van der Waals surface area contributed by atoms with E-state index in [1.54, 1.807) is 24.5 Å². The zero-order chi connectivity index (χ0) is 19.6. The van der Waals surface area contributed by atoms with Crippen LogP contribution < -0.4 is 15.5 Å². The number of hydrogen-bond acceptors (Lipinski definition) is 5. The van der Waals surface area contributed by atoms with Gasteiger partial charge in [0.25, 0.3) is 0 Å². The van der Waals surface area contributed by atoms with Crippen LogP contribution in [0.2, 0.25) is 0 Å². The Balaban J connectivity index is 1.41. The van der Waals surface area contributed by atoms with Gasteiger partial charge in [-0.1, -0.05) is 12.1 Å². The normalized spacial score (nSPS) is 15.5. The highest BCUT2D eigenvalue weighted by molar-refractivity contribution is 5.79. The smallest absolute Gasteiger partial charge is 0.225 e. The molecule has 1 aliphatic rings. The van der Waals surface area contributed by atoms with Gasteiger partial charge in [-0.3, -0.25) is 4.90 Å². The number of guanidine groups is 1. The Morgan fingerprint density at radius 1 is 1.07 bits per heavy atom. The highest BCUT2D eigenvalue weighted by Crippen LogP contribution is 2.09. The highest BCUT2D eigenvalue weighted by atomic mass is 19.1. The quantitative estimate of drug-likeness (QED) is 0.556. The molecule has 8 heteroatoms. The maximum atomic E-state index is 13.0. The number of aromatic nitrogens is 2. The largest absolute Gasteiger partial charge is 0.357 e. The van der Waals surface area contributed by atoms with Crippen molar-refractivity contribution in [3.05, 3.63) is 54.1 Å². The number of anilines is 1. The van der Waals surface area contributed by atoms with E-state index >= 15 is 0 Å². The second-order valence-electron chi connectivity index (χ2n) is 6.63. The van der Waals surface area contributed by atoms with Crippen molar-refractivity contribution in [3.8, 4) is 0 Å². The fourth-order valence-electron chi connectivity index (χ4n) is 3.06. The molecule has 0 atom stereocenters. The van der Waals surface area contributed by atoms with Gasteiger partial charge in [0.05, 0.1) is 6.54 Å². The van der Waals surface area contributed by atoms with Crippen molar-refractivity contribution in [1.29, 1.82) is 0 Å². The first-order chi connectivity index (χ1) is 13.7. The minimum absolute atomic E-state index is 0.225. The molecule has 0 aliphatic carbocycles. The van der Waals surface area contributed by atoms with Crippen LogP contribution in [0, 0.1) is 5.82 Å². The maximum absolute atomic E-state index is 13.0. The van der Waals surface area contributed by atoms with Crippen molar-refractivity contribution < 1.29 is 4.39 Å². The van der Waals surface area contributed by atoms with Crippen molar-refractivity contribution in [2.45, 2.75) is 13.5 Å². The van der Waals surface area contributed by atoms with Crippen molar-refractivity contribution in [3.63, 3.8) is 0 Å². The number of hydrogen-bond donors (Lipinski definition) is 2. The molecule has 28 heavy (non-hydrogen) atoms. The van der Waals surface area contributed by atoms with E-state index in [0.717, 1.165) is 63.3 Å². The molecule has 1 aromatic carbocycles. The Hall–Kier alpha value is -2.74. The number of rotatable bonds is 7. The van der Waals surface area contributed by atoms with Crippen LogP contribution in [0.4, 0.5) is 10.3 Å². The lowest BCUT2D eigenvalue weighted by Gasteiger charge is -2.34. The molecule has 0 spiro atoms. The lowest BCUT2D eigenvalue weighted by molar-refractivity contribution is 0.260. The summed E-state index contributed by atoms with van der Waals surface area (Å²) in [4.78, 5) is 17.9. The van der Waals surface area contributed by atoms with Crippen LogP contribution in [-0.2, 0) is 6.54 Å². The zero-order valence-electron chi connectivity index (χ0n) is 16.3. The molecule has 2 heterocycles. The summed E-state index contributed by atoms with van der Waals surface area (Å²) in [6.07, 6.45) is 3.57. The third kappa shape index (κ3) is 6.16. The molecular weight excluding hydrogens is 357 g/mol. The van der Waals surface area contributed by atoms with E-state index in [4.69, 9.17) is 0 Å². The van der Waals surface area contributed by atoms with Gasteiger partial charge in [-0.05, 0) is 30.7 Å². The lowest BCUT2D eigenvalue weighted by atomic mass is 10.2. The van der Waals surface area contributed by atoms with Gasteiger partial charge < -0.3 is 15.5 Å². The van der Waals surface area contributed by atoms with Gasteiger partial charge in [-0.15, -0.1) is 0 Å². The zero-order valence-corrected chi connectivity index (χ0v) is 16.3. The molecule has 0 amide bonds. The molecule has 0 bridgehead atoms. The third-order valence-electron chi connectivity index (χ3n) is 4.60. The minimum Gasteiger partial charge on any atom is -0.357 e. The molecule has 1 aromatic heterocycles. The number of nitrogens with one attached hydrogen (secondary N) is 2. The average Bonchev–Trinajstić information content (AvgIpc) is 2.74. The van der Waals surface area contributed by atoms with Crippen molar-refractivity contribution >= 4 is 11.9 Å². The van der Waals surface area contributed by atoms with Gasteiger partial charge in [0.1, 0.15) is 5.82 Å². The molecular formula is C20H28FN7. The van der Waals surface area contributed by atoms with Gasteiger partial charge >= 0.3 is 0 Å². The molecule has 3 rings (SSSR count). The molecule has 2 aromatic rings. The summed E-state index contributed by atoms with van der Waals surface area (Å²) in [5, 5.41) is 6.63. The minimum atomic E-state index is -0.225. The van der Waals surface area contributed by atoms with E-state index < -0.39 is 0 Å². The first-order valence-corrected chi connectivity index (χ1v) is 9.75. The summed E-state index contributed by atoms with van der Waals surface area (Å²) in [7, 11) is 0. The van der Waals surface area contributed by atoms with Crippen molar-refractivity contribution in [1.82, 2.24) is 25.5 Å². The monoisotopic (exact) mass is 385 g/mol. The van der Waals surface area contributed by atoms with Gasteiger partial charge in [0, 0.05) is 58.2 Å². The van der Waals surface area contributed by atoms with Gasteiger partial charge in [-0.2, -0.15) is 0 Å². The number of piperazine rings is 1. The molecule has 1 saturated heterocycles. The predicted octanol–water partition coefficient (Wildman–Crippen LogP) is 1.49. The summed E-state index contributed by atoms with van der Waals surface area (Å²) in [6.45, 7) is 8.97. The molecule has 7 nitrogen and oxygen atoms in total. The lowest BCUT2D eigenvalue weighted by Crippen LogP contribution is -2.49. The molecule has 1 aliphatic heterocycles. The van der Waals surface area contributed by atoms with Crippen LogP contribution >= 0.6 is 0 Å². The molecule has 1 fully saturated rings. The van der Waals surface area contributed by atoms with Crippen LogP contribution in [0.15, 0.2) is 47.7 Å². The van der Waals surface area contributed by atoms with Gasteiger partial charge in [0.2, 0.25) is 5.95 Å². The first-order valence-electron chi connectivity index (χ1n) is 9.75. The fourth-order valence-corrected chi connectivity index (χ4v) is 3.06. The Kier molecular flexibility index (Phi) is 7.54. The summed E-state index contributed by atoms with van der Waals surface area (Å²) in [6, 6.07) is 8.29. The standard InChI is InChI=1S/C20H28FN7/c1-2-22-19(26-16-17-4-6-18(21)7-5-17)23-10-11-27-12-14-28(15-13-27)20-24-8-3-9-25-20/h3-9H,2,10-16H2,1H3,(H2,22,23,26). The van der Waals surface area contributed by atoms with E-state index in [1.807, 2.05) is 13.0 Å². The molecule has 2 N–H and O–H groups in total. The Labute approximate surface area is 165 Å². The predicted molar refractivity (Wildman–Crippen MR) is 110 cm³/mol. The summed E-state index contributed by atoms with van der Waals surface area (Å²) in [5.41, 5.74) is 0.984. The van der Waals surface area contributed by atoms with Crippen molar-refractivity contribution in [2.24, 2.45) is 4.99 Å². The van der Waals surface area contributed by atoms with E-state index in [1.165, 1.54) is 12.1 Å². The third-order valence-corrected chi connectivity index (χ3v) is 4.60. The van der Waals surface area contributed by atoms with Crippen molar-refractivity contribution in [2.75, 3.05) is 50.7 Å². The Bertz CT molecular complexity index is 728. The van der Waals surface area contributed by atoms with Gasteiger partial charge in [-0.25, -0.2) is 19.4 Å². The fraction of sp³-hybridized carbons (Fsp3) is 0.450.